The van der Waals surface area contributed by atoms with Crippen molar-refractivity contribution in [1.29, 1.82) is 0 Å². The fraction of sp³-hybridized carbons (Fsp3) is 0.533. The highest BCUT2D eigenvalue weighted by Crippen LogP contribution is 2.25. The normalized spacial score (nSPS) is 19.6. The van der Waals surface area contributed by atoms with Crippen LogP contribution in [0.3, 0.4) is 0 Å². The van der Waals surface area contributed by atoms with Crippen molar-refractivity contribution in [2.24, 2.45) is 11.7 Å². The van der Waals surface area contributed by atoms with Gasteiger partial charge in [0.15, 0.2) is 5.78 Å². The number of nitrogens with two attached hydrogens (primary N) is 1. The highest BCUT2D eigenvalue weighted by molar-refractivity contribution is 5.94. The first-order valence-corrected chi connectivity index (χ1v) is 6.74. The summed E-state index contributed by atoms with van der Waals surface area (Å²) in [6.45, 7) is 5.26. The number of carbonyl (C=O) groups excluding carboxylic acids is 1. The molecule has 1 unspecified atom stereocenters. The highest BCUT2D eigenvalue weighted by Gasteiger charge is 2.22. The molecule has 0 spiro atoms. The monoisotopic (exact) mass is 262 g/mol. The molecule has 0 aromatic heterocycles. The van der Waals surface area contributed by atoms with E-state index in [1.54, 1.807) is 14.0 Å². The van der Waals surface area contributed by atoms with Crippen LogP contribution in [0.5, 0.6) is 5.75 Å². The summed E-state index contributed by atoms with van der Waals surface area (Å²) in [6, 6.07) is 5.64. The van der Waals surface area contributed by atoms with Crippen LogP contribution in [0, 0.1) is 5.92 Å². The standard InChI is InChI=1S/C15H22N2O2/c1-11(18)13-3-4-15(19-2)14(7-13)10-17-6-5-12(8-16)9-17/h3-4,7,12H,5-6,8-10,16H2,1-2H3. The molecule has 1 atom stereocenters. The first-order chi connectivity index (χ1) is 9.13. The van der Waals surface area contributed by atoms with Crippen LogP contribution in [0.2, 0.25) is 0 Å². The minimum Gasteiger partial charge on any atom is -0.496 e. The zero-order chi connectivity index (χ0) is 13.8. The average molecular weight is 262 g/mol. The fourth-order valence-corrected chi connectivity index (χ4v) is 2.61. The van der Waals surface area contributed by atoms with Crippen molar-refractivity contribution in [3.05, 3.63) is 29.3 Å². The zero-order valence-electron chi connectivity index (χ0n) is 11.7. The summed E-state index contributed by atoms with van der Waals surface area (Å²) in [5.41, 5.74) is 7.53. The van der Waals surface area contributed by atoms with Gasteiger partial charge in [-0.2, -0.15) is 0 Å². The number of methoxy groups -OCH3 is 1. The van der Waals surface area contributed by atoms with Crippen LogP contribution in [0.15, 0.2) is 18.2 Å². The molecule has 0 amide bonds. The molecule has 2 rings (SSSR count). The summed E-state index contributed by atoms with van der Waals surface area (Å²) in [5, 5.41) is 0. The summed E-state index contributed by atoms with van der Waals surface area (Å²) < 4.78 is 5.38. The van der Waals surface area contributed by atoms with Crippen LogP contribution in [-0.4, -0.2) is 37.4 Å². The van der Waals surface area contributed by atoms with Crippen LogP contribution in [0.4, 0.5) is 0 Å². The van der Waals surface area contributed by atoms with Crippen LogP contribution >= 0.6 is 0 Å². The summed E-state index contributed by atoms with van der Waals surface area (Å²) in [4.78, 5) is 13.8. The lowest BCUT2D eigenvalue weighted by Gasteiger charge is -2.18. The van der Waals surface area contributed by atoms with Crippen molar-refractivity contribution < 1.29 is 9.53 Å². The number of hydrogen-bond donors (Lipinski definition) is 1. The Morgan fingerprint density at radius 3 is 2.89 bits per heavy atom. The van der Waals surface area contributed by atoms with Gasteiger partial charge in [-0.3, -0.25) is 9.69 Å². The first kappa shape index (κ1) is 14.0. The van der Waals surface area contributed by atoms with Crippen LogP contribution in [0.25, 0.3) is 0 Å². The minimum atomic E-state index is 0.0881. The fourth-order valence-electron chi connectivity index (χ4n) is 2.61. The third-order valence-corrected chi connectivity index (χ3v) is 3.78. The van der Waals surface area contributed by atoms with E-state index in [0.29, 0.717) is 5.92 Å². The highest BCUT2D eigenvalue weighted by atomic mass is 16.5. The van der Waals surface area contributed by atoms with Gasteiger partial charge in [-0.25, -0.2) is 0 Å². The maximum absolute atomic E-state index is 11.5. The second-order valence-corrected chi connectivity index (χ2v) is 5.21. The van der Waals surface area contributed by atoms with Crippen LogP contribution < -0.4 is 10.5 Å². The smallest absolute Gasteiger partial charge is 0.159 e. The molecule has 1 aliphatic rings. The Hall–Kier alpha value is -1.39. The number of Topliss-reactive ketones (excluding diaryl/α,β-unsaturated/α-hetero) is 1. The van der Waals surface area contributed by atoms with Crippen molar-refractivity contribution in [2.75, 3.05) is 26.7 Å². The molecule has 1 aromatic rings. The van der Waals surface area contributed by atoms with E-state index in [1.165, 1.54) is 0 Å². The Balaban J connectivity index is 2.14. The topological polar surface area (TPSA) is 55.6 Å². The van der Waals surface area contributed by atoms with E-state index in [0.717, 1.165) is 49.5 Å². The van der Waals surface area contributed by atoms with Crippen molar-refractivity contribution in [3.8, 4) is 5.75 Å². The number of benzene rings is 1. The molecule has 19 heavy (non-hydrogen) atoms. The number of nitrogens with zero attached hydrogens (tertiary/aromatic N) is 1. The predicted molar refractivity (Wildman–Crippen MR) is 75.4 cm³/mol. The van der Waals surface area contributed by atoms with Crippen LogP contribution in [0.1, 0.15) is 29.3 Å². The van der Waals surface area contributed by atoms with E-state index in [9.17, 15) is 4.79 Å². The summed E-state index contributed by atoms with van der Waals surface area (Å²) >= 11 is 0. The maximum Gasteiger partial charge on any atom is 0.159 e. The Bertz CT molecular complexity index is 459. The number of carbonyl (C=O) groups is 1. The zero-order valence-corrected chi connectivity index (χ0v) is 11.7. The second kappa shape index (κ2) is 6.17. The molecule has 1 saturated heterocycles. The quantitative estimate of drug-likeness (QED) is 0.820. The van der Waals surface area contributed by atoms with E-state index in [2.05, 4.69) is 4.90 Å². The Labute approximate surface area is 114 Å². The molecule has 104 valence electrons. The van der Waals surface area contributed by atoms with Gasteiger partial charge in [-0.1, -0.05) is 0 Å². The molecule has 0 bridgehead atoms. The first-order valence-electron chi connectivity index (χ1n) is 6.74. The third kappa shape index (κ3) is 3.33. The van der Waals surface area contributed by atoms with E-state index < -0.39 is 0 Å². The Kier molecular flexibility index (Phi) is 4.56. The van der Waals surface area contributed by atoms with Gasteiger partial charge < -0.3 is 10.5 Å². The number of hydrogen-bond acceptors (Lipinski definition) is 4. The molecule has 1 aromatic carbocycles. The number of ketones is 1. The van der Waals surface area contributed by atoms with Gasteiger partial charge in [-0.05, 0) is 50.6 Å². The van der Waals surface area contributed by atoms with E-state index in [-0.39, 0.29) is 5.78 Å². The molecule has 0 aliphatic carbocycles. The maximum atomic E-state index is 11.5. The SMILES string of the molecule is COc1ccc(C(C)=O)cc1CN1CCC(CN)C1. The molecule has 2 N–H and O–H groups in total. The second-order valence-electron chi connectivity index (χ2n) is 5.21. The molecule has 0 radical (unpaired) electrons. The molecule has 1 fully saturated rings. The van der Waals surface area contributed by atoms with Crippen molar-refractivity contribution >= 4 is 5.78 Å². The minimum absolute atomic E-state index is 0.0881. The van der Waals surface area contributed by atoms with E-state index >= 15 is 0 Å². The van der Waals surface area contributed by atoms with Gasteiger partial charge >= 0.3 is 0 Å². The lowest BCUT2D eigenvalue weighted by atomic mass is 10.1. The van der Waals surface area contributed by atoms with Crippen molar-refractivity contribution in [1.82, 2.24) is 4.90 Å². The number of rotatable bonds is 5. The van der Waals surface area contributed by atoms with Gasteiger partial charge in [0.2, 0.25) is 0 Å². The molecule has 4 nitrogen and oxygen atoms in total. The molecule has 1 heterocycles. The van der Waals surface area contributed by atoms with Crippen molar-refractivity contribution in [3.63, 3.8) is 0 Å². The van der Waals surface area contributed by atoms with Gasteiger partial charge in [0.25, 0.3) is 0 Å². The van der Waals surface area contributed by atoms with Gasteiger partial charge in [0.05, 0.1) is 7.11 Å². The number of ether oxygens (including phenoxy) is 1. The Morgan fingerprint density at radius 1 is 1.53 bits per heavy atom. The molecule has 1 aliphatic heterocycles. The largest absolute Gasteiger partial charge is 0.496 e. The van der Waals surface area contributed by atoms with E-state index in [1.807, 2.05) is 18.2 Å². The van der Waals surface area contributed by atoms with Gasteiger partial charge in [-0.15, -0.1) is 0 Å². The number of likely N-dealkylation sites (tertiary alicyclic amines) is 1. The summed E-state index contributed by atoms with van der Waals surface area (Å²) in [7, 11) is 1.67. The molecule has 4 heteroatoms. The molecular formula is C15H22N2O2. The third-order valence-electron chi connectivity index (χ3n) is 3.78. The lowest BCUT2D eigenvalue weighted by Crippen LogP contribution is -2.23. The van der Waals surface area contributed by atoms with Gasteiger partial charge in [0.1, 0.15) is 5.75 Å². The molecule has 0 saturated carbocycles. The van der Waals surface area contributed by atoms with Crippen molar-refractivity contribution in [2.45, 2.75) is 19.9 Å². The average Bonchev–Trinajstić information content (AvgIpc) is 2.86. The molecular weight excluding hydrogens is 240 g/mol. The predicted octanol–water partition coefficient (Wildman–Crippen LogP) is 1.68. The van der Waals surface area contributed by atoms with Crippen LogP contribution in [-0.2, 0) is 6.54 Å². The lowest BCUT2D eigenvalue weighted by molar-refractivity contribution is 0.101. The Morgan fingerprint density at radius 2 is 2.32 bits per heavy atom. The van der Waals surface area contributed by atoms with E-state index in [4.69, 9.17) is 10.5 Å². The summed E-state index contributed by atoms with van der Waals surface area (Å²) in [6.07, 6.45) is 1.16. The summed E-state index contributed by atoms with van der Waals surface area (Å²) in [5.74, 6) is 1.54. The van der Waals surface area contributed by atoms with Gasteiger partial charge in [0, 0.05) is 24.2 Å².